The van der Waals surface area contributed by atoms with Crippen molar-refractivity contribution in [2.24, 2.45) is 5.92 Å². The van der Waals surface area contributed by atoms with E-state index in [1.165, 1.54) is 18.9 Å². The molecule has 0 bridgehead atoms. The number of nitrogens with one attached hydrogen (secondary N) is 2. The van der Waals surface area contributed by atoms with Crippen LogP contribution in [0.4, 0.5) is 13.2 Å². The van der Waals surface area contributed by atoms with E-state index in [1.807, 2.05) is 0 Å². The number of H-pyrrole nitrogens is 1. The van der Waals surface area contributed by atoms with Crippen LogP contribution in [0.15, 0.2) is 30.5 Å². The van der Waals surface area contributed by atoms with Gasteiger partial charge in [0.1, 0.15) is 5.82 Å². The van der Waals surface area contributed by atoms with Crippen molar-refractivity contribution < 1.29 is 13.2 Å². The number of nitrogens with zero attached hydrogens (tertiary/aromatic N) is 1. The minimum absolute atomic E-state index is 0.491. The first-order chi connectivity index (χ1) is 10.0. The molecular formula is C15H16F3N3. The standard InChI is InChI=1S/C15H16F3N3/c16-15(17,18)12-3-1-2-11(6-12)13-8-20-14(21-13)9-19-7-10-4-5-10/h1-3,6,8,10,19H,4-5,7,9H2,(H,20,21). The van der Waals surface area contributed by atoms with E-state index in [1.54, 1.807) is 12.3 Å². The van der Waals surface area contributed by atoms with Crippen LogP contribution in [0.25, 0.3) is 11.3 Å². The number of alkyl halides is 3. The zero-order chi connectivity index (χ0) is 14.9. The Hall–Kier alpha value is -1.82. The molecule has 1 fully saturated rings. The summed E-state index contributed by atoms with van der Waals surface area (Å²) in [6.07, 6.45) is -0.199. The van der Waals surface area contributed by atoms with Gasteiger partial charge in [-0.3, -0.25) is 0 Å². The smallest absolute Gasteiger partial charge is 0.341 e. The Morgan fingerprint density at radius 1 is 1.29 bits per heavy atom. The van der Waals surface area contributed by atoms with E-state index >= 15 is 0 Å². The number of aromatic amines is 1. The average molecular weight is 295 g/mol. The van der Waals surface area contributed by atoms with Gasteiger partial charge in [0.15, 0.2) is 0 Å². The third kappa shape index (κ3) is 3.64. The van der Waals surface area contributed by atoms with Gasteiger partial charge in [-0.05, 0) is 37.4 Å². The quantitative estimate of drug-likeness (QED) is 0.885. The molecule has 0 aliphatic heterocycles. The van der Waals surface area contributed by atoms with Gasteiger partial charge in [0.2, 0.25) is 0 Å². The lowest BCUT2D eigenvalue weighted by molar-refractivity contribution is -0.137. The van der Waals surface area contributed by atoms with Crippen molar-refractivity contribution in [2.75, 3.05) is 6.54 Å². The lowest BCUT2D eigenvalue weighted by Crippen LogP contribution is -2.16. The number of halogens is 3. The van der Waals surface area contributed by atoms with Crippen molar-refractivity contribution in [1.29, 1.82) is 0 Å². The lowest BCUT2D eigenvalue weighted by atomic mass is 10.1. The molecule has 6 heteroatoms. The monoisotopic (exact) mass is 295 g/mol. The predicted octanol–water partition coefficient (Wildman–Crippen LogP) is 3.60. The van der Waals surface area contributed by atoms with Crippen molar-refractivity contribution in [3.05, 3.63) is 41.9 Å². The van der Waals surface area contributed by atoms with Crippen molar-refractivity contribution >= 4 is 0 Å². The lowest BCUT2D eigenvalue weighted by Gasteiger charge is -2.07. The Labute approximate surface area is 120 Å². The van der Waals surface area contributed by atoms with E-state index in [-0.39, 0.29) is 0 Å². The minimum atomic E-state index is -4.33. The fourth-order valence-corrected chi connectivity index (χ4v) is 2.18. The number of benzene rings is 1. The first-order valence-electron chi connectivity index (χ1n) is 6.94. The Morgan fingerprint density at radius 3 is 2.81 bits per heavy atom. The second-order valence-corrected chi connectivity index (χ2v) is 5.40. The molecule has 1 saturated carbocycles. The number of rotatable bonds is 5. The molecule has 112 valence electrons. The molecule has 0 amide bonds. The van der Waals surface area contributed by atoms with Gasteiger partial charge in [0.05, 0.1) is 24.0 Å². The van der Waals surface area contributed by atoms with Crippen molar-refractivity contribution in [3.63, 3.8) is 0 Å². The molecule has 0 radical (unpaired) electrons. The van der Waals surface area contributed by atoms with Crippen molar-refractivity contribution in [3.8, 4) is 11.3 Å². The van der Waals surface area contributed by atoms with E-state index in [2.05, 4.69) is 15.3 Å². The second-order valence-electron chi connectivity index (χ2n) is 5.40. The molecule has 0 atom stereocenters. The highest BCUT2D eigenvalue weighted by molar-refractivity contribution is 5.59. The number of aromatic nitrogens is 2. The zero-order valence-electron chi connectivity index (χ0n) is 11.4. The number of hydrogen-bond donors (Lipinski definition) is 2. The van der Waals surface area contributed by atoms with Gasteiger partial charge in [-0.25, -0.2) is 4.98 Å². The summed E-state index contributed by atoms with van der Waals surface area (Å²) >= 11 is 0. The van der Waals surface area contributed by atoms with Gasteiger partial charge in [-0.15, -0.1) is 0 Å². The molecule has 2 N–H and O–H groups in total. The van der Waals surface area contributed by atoms with E-state index in [0.29, 0.717) is 17.8 Å². The van der Waals surface area contributed by atoms with Crippen LogP contribution < -0.4 is 5.32 Å². The highest BCUT2D eigenvalue weighted by Crippen LogP contribution is 2.31. The summed E-state index contributed by atoms with van der Waals surface area (Å²) in [4.78, 5) is 7.26. The highest BCUT2D eigenvalue weighted by atomic mass is 19.4. The van der Waals surface area contributed by atoms with E-state index in [4.69, 9.17) is 0 Å². The minimum Gasteiger partial charge on any atom is -0.341 e. The van der Waals surface area contributed by atoms with E-state index in [9.17, 15) is 13.2 Å². The molecular weight excluding hydrogens is 279 g/mol. The van der Waals surface area contributed by atoms with E-state index < -0.39 is 11.7 Å². The van der Waals surface area contributed by atoms with E-state index in [0.717, 1.165) is 30.4 Å². The first kappa shape index (κ1) is 14.1. The summed E-state index contributed by atoms with van der Waals surface area (Å²) in [6, 6.07) is 5.25. The molecule has 1 aromatic heterocycles. The van der Waals surface area contributed by atoms with Crippen molar-refractivity contribution in [2.45, 2.75) is 25.6 Å². The molecule has 0 saturated heterocycles. The van der Waals surface area contributed by atoms with Gasteiger partial charge in [-0.2, -0.15) is 13.2 Å². The summed E-state index contributed by atoms with van der Waals surface area (Å²) in [5.41, 5.74) is 0.443. The van der Waals surface area contributed by atoms with Gasteiger partial charge in [0.25, 0.3) is 0 Å². The van der Waals surface area contributed by atoms with Gasteiger partial charge in [-0.1, -0.05) is 12.1 Å². The van der Waals surface area contributed by atoms with Crippen LogP contribution in [-0.2, 0) is 12.7 Å². The molecule has 0 spiro atoms. The fourth-order valence-electron chi connectivity index (χ4n) is 2.18. The number of hydrogen-bond acceptors (Lipinski definition) is 2. The van der Waals surface area contributed by atoms with Crippen molar-refractivity contribution in [1.82, 2.24) is 15.3 Å². The molecule has 1 aliphatic rings. The Balaban J connectivity index is 1.70. The van der Waals surface area contributed by atoms with Crippen LogP contribution in [0, 0.1) is 5.92 Å². The molecule has 1 aliphatic carbocycles. The average Bonchev–Trinajstić information content (AvgIpc) is 3.14. The molecule has 3 rings (SSSR count). The molecule has 21 heavy (non-hydrogen) atoms. The Bertz CT molecular complexity index is 615. The maximum absolute atomic E-state index is 12.7. The molecule has 1 aromatic carbocycles. The predicted molar refractivity (Wildman–Crippen MR) is 73.5 cm³/mol. The Kier molecular flexibility index (Phi) is 3.71. The Morgan fingerprint density at radius 2 is 2.10 bits per heavy atom. The van der Waals surface area contributed by atoms with Gasteiger partial charge in [0, 0.05) is 5.56 Å². The largest absolute Gasteiger partial charge is 0.416 e. The van der Waals surface area contributed by atoms with Crippen LogP contribution >= 0.6 is 0 Å². The topological polar surface area (TPSA) is 40.7 Å². The van der Waals surface area contributed by atoms with Crippen LogP contribution in [0.3, 0.4) is 0 Å². The normalized spacial score (nSPS) is 15.4. The third-order valence-corrected chi connectivity index (χ3v) is 3.55. The fraction of sp³-hybridized carbons (Fsp3) is 0.400. The third-order valence-electron chi connectivity index (χ3n) is 3.55. The maximum atomic E-state index is 12.7. The molecule has 3 nitrogen and oxygen atoms in total. The first-order valence-corrected chi connectivity index (χ1v) is 6.94. The summed E-state index contributed by atoms with van der Waals surface area (Å²) in [6.45, 7) is 1.58. The number of imidazole rings is 1. The summed E-state index contributed by atoms with van der Waals surface area (Å²) in [5, 5.41) is 3.29. The maximum Gasteiger partial charge on any atom is 0.416 e. The highest BCUT2D eigenvalue weighted by Gasteiger charge is 2.30. The summed E-state index contributed by atoms with van der Waals surface area (Å²) in [7, 11) is 0. The van der Waals surface area contributed by atoms with Gasteiger partial charge < -0.3 is 10.3 Å². The zero-order valence-corrected chi connectivity index (χ0v) is 11.4. The van der Waals surface area contributed by atoms with Gasteiger partial charge >= 0.3 is 6.18 Å². The molecule has 2 aromatic rings. The van der Waals surface area contributed by atoms with Crippen LogP contribution in [0.5, 0.6) is 0 Å². The molecule has 1 heterocycles. The van der Waals surface area contributed by atoms with Crippen LogP contribution in [-0.4, -0.2) is 16.5 Å². The molecule has 0 unspecified atom stereocenters. The van der Waals surface area contributed by atoms with Crippen LogP contribution in [0.1, 0.15) is 24.2 Å². The van der Waals surface area contributed by atoms with Crippen LogP contribution in [0.2, 0.25) is 0 Å². The second kappa shape index (κ2) is 5.52. The SMILES string of the molecule is FC(F)(F)c1cccc(-c2cnc(CNCC3CC3)[nH]2)c1. The summed E-state index contributed by atoms with van der Waals surface area (Å²) < 4.78 is 38.1. The summed E-state index contributed by atoms with van der Waals surface area (Å²) in [5.74, 6) is 1.52.